The van der Waals surface area contributed by atoms with E-state index in [9.17, 15) is 14.4 Å². The lowest BCUT2D eigenvalue weighted by atomic mass is 10.2. The van der Waals surface area contributed by atoms with Gasteiger partial charge in [0.1, 0.15) is 5.75 Å². The molecule has 3 N–H and O–H groups in total. The maximum Gasteiger partial charge on any atom is 0.395 e. The van der Waals surface area contributed by atoms with Gasteiger partial charge < -0.3 is 15.6 Å². The van der Waals surface area contributed by atoms with Crippen LogP contribution in [0, 0.1) is 0 Å². The number of benzene rings is 1. The number of rotatable bonds is 0. The van der Waals surface area contributed by atoms with Gasteiger partial charge in [0, 0.05) is 5.69 Å². The van der Waals surface area contributed by atoms with Gasteiger partial charge in [-0.2, -0.15) is 0 Å². The number of anilines is 2. The first-order valence-corrected chi connectivity index (χ1v) is 4.63. The number of ether oxygens (including phenoxy) is 1. The highest BCUT2D eigenvalue weighted by Gasteiger charge is 2.34. The van der Waals surface area contributed by atoms with Crippen LogP contribution >= 0.6 is 0 Å². The summed E-state index contributed by atoms with van der Waals surface area (Å²) in [5.74, 6) is -3.54. The van der Waals surface area contributed by atoms with Crippen LogP contribution in [0.4, 0.5) is 11.4 Å². The lowest BCUT2D eigenvalue weighted by molar-refractivity contribution is -0.150. The van der Waals surface area contributed by atoms with E-state index in [1.807, 2.05) is 0 Å². The highest BCUT2D eigenvalue weighted by Crippen LogP contribution is 2.33. The lowest BCUT2D eigenvalue weighted by Crippen LogP contribution is -2.46. The van der Waals surface area contributed by atoms with Crippen LogP contribution in [0.1, 0.15) is 0 Å². The second kappa shape index (κ2) is 3.78. The molecule has 1 aromatic carbocycles. The minimum Gasteiger partial charge on any atom is -0.482 e. The van der Waals surface area contributed by atoms with Crippen molar-refractivity contribution in [3.63, 3.8) is 0 Å². The number of carbonyl (C=O) groups is 3. The molecule has 1 aliphatic heterocycles. The van der Waals surface area contributed by atoms with Crippen molar-refractivity contribution in [2.75, 3.05) is 17.2 Å². The molecule has 0 unspecified atom stereocenters. The maximum absolute atomic E-state index is 11.5. The third kappa shape index (κ3) is 1.78. The molecule has 2 rings (SSSR count). The largest absolute Gasteiger partial charge is 0.482 e. The van der Waals surface area contributed by atoms with Gasteiger partial charge in [-0.25, -0.2) is 9.69 Å². The summed E-state index contributed by atoms with van der Waals surface area (Å²) in [6, 6.07) is 4.31. The number of carbonyl (C=O) groups excluding carboxylic acids is 2. The molecule has 0 aromatic heterocycles. The molecule has 1 aliphatic rings. The van der Waals surface area contributed by atoms with Crippen molar-refractivity contribution in [3.8, 4) is 5.75 Å². The van der Waals surface area contributed by atoms with Crippen LogP contribution in [0.5, 0.6) is 5.75 Å². The van der Waals surface area contributed by atoms with E-state index in [1.165, 1.54) is 18.2 Å². The lowest BCUT2D eigenvalue weighted by Gasteiger charge is -2.26. The number of imide groups is 1. The zero-order valence-corrected chi connectivity index (χ0v) is 8.54. The van der Waals surface area contributed by atoms with Crippen LogP contribution in [0.15, 0.2) is 18.2 Å². The molecule has 2 amide bonds. The fraction of sp³-hybridized carbons (Fsp3) is 0.100. The van der Waals surface area contributed by atoms with Gasteiger partial charge >= 0.3 is 11.9 Å². The van der Waals surface area contributed by atoms with E-state index < -0.39 is 17.8 Å². The number of nitrogens with zero attached hydrogens (tertiary/aromatic N) is 1. The van der Waals surface area contributed by atoms with Gasteiger partial charge in [-0.3, -0.25) is 9.59 Å². The molecule has 0 atom stereocenters. The molecule has 88 valence electrons. The number of hydrogen-bond donors (Lipinski definition) is 2. The first-order chi connectivity index (χ1) is 8.00. The molecule has 0 bridgehead atoms. The molecule has 17 heavy (non-hydrogen) atoms. The summed E-state index contributed by atoms with van der Waals surface area (Å²) in [5, 5.41) is 8.63. The third-order valence-electron chi connectivity index (χ3n) is 2.21. The first-order valence-electron chi connectivity index (χ1n) is 4.63. The Morgan fingerprint density at radius 3 is 2.76 bits per heavy atom. The molecule has 0 saturated carbocycles. The summed E-state index contributed by atoms with van der Waals surface area (Å²) in [4.78, 5) is 34.1. The van der Waals surface area contributed by atoms with Crippen LogP contribution in [-0.2, 0) is 14.4 Å². The third-order valence-corrected chi connectivity index (χ3v) is 2.21. The molecule has 0 fully saturated rings. The summed E-state index contributed by atoms with van der Waals surface area (Å²) in [7, 11) is 0. The predicted octanol–water partition coefficient (Wildman–Crippen LogP) is -0.395. The van der Waals surface area contributed by atoms with Gasteiger partial charge in [0.15, 0.2) is 6.61 Å². The summed E-state index contributed by atoms with van der Waals surface area (Å²) in [6.45, 7) is -0.379. The molecule has 1 heterocycles. The average molecular weight is 236 g/mol. The smallest absolute Gasteiger partial charge is 0.395 e. The Bertz CT molecular complexity index is 525. The number of hydrogen-bond acceptors (Lipinski definition) is 5. The Morgan fingerprint density at radius 2 is 2.12 bits per heavy atom. The Kier molecular flexibility index (Phi) is 2.43. The van der Waals surface area contributed by atoms with Gasteiger partial charge in [-0.05, 0) is 18.2 Å². The van der Waals surface area contributed by atoms with Crippen molar-refractivity contribution >= 4 is 29.2 Å². The van der Waals surface area contributed by atoms with Gasteiger partial charge in [0.2, 0.25) is 0 Å². The van der Waals surface area contributed by atoms with E-state index in [-0.39, 0.29) is 18.0 Å². The number of aliphatic carboxylic acids is 1. The van der Waals surface area contributed by atoms with E-state index >= 15 is 0 Å². The minimum atomic E-state index is -1.71. The number of nitrogen functional groups attached to an aromatic ring is 1. The highest BCUT2D eigenvalue weighted by molar-refractivity contribution is 6.43. The number of fused-ring (bicyclic) bond motifs is 1. The number of carboxylic acid groups (broad SMARTS) is 1. The normalized spacial score (nSPS) is 13.9. The Balaban J connectivity index is 2.53. The second-order valence-electron chi connectivity index (χ2n) is 3.36. The van der Waals surface area contributed by atoms with Crippen LogP contribution in [0.3, 0.4) is 0 Å². The Hall–Kier alpha value is -2.57. The molecule has 0 saturated heterocycles. The van der Waals surface area contributed by atoms with Gasteiger partial charge in [-0.15, -0.1) is 0 Å². The molecule has 7 heteroatoms. The quantitative estimate of drug-likeness (QED) is 0.468. The Labute approximate surface area is 95.4 Å². The summed E-state index contributed by atoms with van der Waals surface area (Å²) < 4.78 is 5.06. The average Bonchev–Trinajstić information content (AvgIpc) is 2.27. The Morgan fingerprint density at radius 1 is 1.41 bits per heavy atom. The van der Waals surface area contributed by atoms with Crippen molar-refractivity contribution in [3.05, 3.63) is 18.2 Å². The molecule has 0 aliphatic carbocycles. The van der Waals surface area contributed by atoms with E-state index in [1.54, 1.807) is 0 Å². The van der Waals surface area contributed by atoms with Crippen molar-refractivity contribution < 1.29 is 24.2 Å². The molecular weight excluding hydrogens is 228 g/mol. The number of carboxylic acids is 1. The van der Waals surface area contributed by atoms with Crippen molar-refractivity contribution in [1.82, 2.24) is 0 Å². The second-order valence-corrected chi connectivity index (χ2v) is 3.36. The van der Waals surface area contributed by atoms with Crippen LogP contribution in [-0.4, -0.2) is 29.5 Å². The van der Waals surface area contributed by atoms with Gasteiger partial charge in [0.25, 0.3) is 5.91 Å². The summed E-state index contributed by atoms with van der Waals surface area (Å²) in [6.07, 6.45) is 0. The fourth-order valence-corrected chi connectivity index (χ4v) is 1.49. The molecule has 1 aromatic rings. The van der Waals surface area contributed by atoms with Crippen LogP contribution in [0.25, 0.3) is 0 Å². The molecule has 0 radical (unpaired) electrons. The SMILES string of the molecule is Nc1ccc2c(c1)N(C(=O)C(=O)O)C(=O)CO2. The molecule has 0 spiro atoms. The first kappa shape index (κ1) is 10.9. The monoisotopic (exact) mass is 236 g/mol. The highest BCUT2D eigenvalue weighted by atomic mass is 16.5. The van der Waals surface area contributed by atoms with Crippen molar-refractivity contribution in [2.45, 2.75) is 0 Å². The molecular formula is C10H8N2O5. The fourth-order valence-electron chi connectivity index (χ4n) is 1.49. The predicted molar refractivity (Wildman–Crippen MR) is 56.5 cm³/mol. The number of nitrogens with two attached hydrogens (primary N) is 1. The summed E-state index contributed by atoms with van der Waals surface area (Å²) in [5.41, 5.74) is 5.86. The van der Waals surface area contributed by atoms with Crippen molar-refractivity contribution in [1.29, 1.82) is 0 Å². The van der Waals surface area contributed by atoms with E-state index in [4.69, 9.17) is 15.6 Å². The maximum atomic E-state index is 11.5. The van der Waals surface area contributed by atoms with Gasteiger partial charge in [-0.1, -0.05) is 0 Å². The standard InChI is InChI=1S/C10H8N2O5/c11-5-1-2-7-6(3-5)12(8(13)4-17-7)9(14)10(15)16/h1-3H,4,11H2,(H,15,16). The van der Waals surface area contributed by atoms with Crippen LogP contribution in [0.2, 0.25) is 0 Å². The summed E-state index contributed by atoms with van der Waals surface area (Å²) >= 11 is 0. The van der Waals surface area contributed by atoms with Crippen molar-refractivity contribution in [2.24, 2.45) is 0 Å². The van der Waals surface area contributed by atoms with E-state index in [0.717, 1.165) is 0 Å². The number of amides is 2. The van der Waals surface area contributed by atoms with E-state index in [2.05, 4.69) is 0 Å². The van der Waals surface area contributed by atoms with E-state index in [0.29, 0.717) is 10.6 Å². The van der Waals surface area contributed by atoms with Gasteiger partial charge in [0.05, 0.1) is 5.69 Å². The minimum absolute atomic E-state index is 0.0497. The zero-order chi connectivity index (χ0) is 12.6. The topological polar surface area (TPSA) is 110 Å². The zero-order valence-electron chi connectivity index (χ0n) is 8.54. The van der Waals surface area contributed by atoms with Crippen LogP contribution < -0.4 is 15.4 Å². The molecule has 7 nitrogen and oxygen atoms in total.